The summed E-state index contributed by atoms with van der Waals surface area (Å²) in [6, 6.07) is 10.3. The largest absolute Gasteiger partial charge is 0.488 e. The number of carbonyl (C=O) groups excluding carboxylic acids is 2. The second-order valence-electron chi connectivity index (χ2n) is 9.09. The summed E-state index contributed by atoms with van der Waals surface area (Å²) in [6.07, 6.45) is 0.401. The summed E-state index contributed by atoms with van der Waals surface area (Å²) >= 11 is 5.99. The topological polar surface area (TPSA) is 94.1 Å². The smallest absolute Gasteiger partial charge is 0.331 e. The van der Waals surface area contributed by atoms with Crippen LogP contribution in [0.3, 0.4) is 0 Å². The predicted molar refractivity (Wildman–Crippen MR) is 126 cm³/mol. The lowest BCUT2D eigenvalue weighted by atomic mass is 10.1. The van der Waals surface area contributed by atoms with E-state index in [-0.39, 0.29) is 31.5 Å². The van der Waals surface area contributed by atoms with Crippen LogP contribution in [0.15, 0.2) is 42.5 Å². The number of carbonyl (C=O) groups is 2. The van der Waals surface area contributed by atoms with Gasteiger partial charge in [-0.15, -0.1) is 0 Å². The van der Waals surface area contributed by atoms with Crippen LogP contribution in [0.4, 0.5) is 19.7 Å². The van der Waals surface area contributed by atoms with Gasteiger partial charge in [0.15, 0.2) is 17.9 Å². The van der Waals surface area contributed by atoms with Crippen molar-refractivity contribution >= 4 is 29.4 Å². The van der Waals surface area contributed by atoms with Crippen LogP contribution in [0.25, 0.3) is 0 Å². The predicted octanol–water partition coefficient (Wildman–Crippen LogP) is 4.38. The molecule has 1 unspecified atom stereocenters. The van der Waals surface area contributed by atoms with Gasteiger partial charge in [0.05, 0.1) is 19.3 Å². The molecule has 1 saturated heterocycles. The quantitative estimate of drug-likeness (QED) is 0.485. The van der Waals surface area contributed by atoms with Crippen molar-refractivity contribution < 1.29 is 23.8 Å². The third-order valence-electron chi connectivity index (χ3n) is 5.94. The van der Waals surface area contributed by atoms with E-state index in [0.29, 0.717) is 10.7 Å². The van der Waals surface area contributed by atoms with E-state index in [0.717, 1.165) is 23.3 Å². The van der Waals surface area contributed by atoms with Crippen molar-refractivity contribution in [2.75, 3.05) is 18.5 Å². The zero-order valence-electron chi connectivity index (χ0n) is 19.1. The van der Waals surface area contributed by atoms with Crippen molar-refractivity contribution in [3.63, 3.8) is 0 Å². The highest BCUT2D eigenvalue weighted by atomic mass is 35.5. The molecule has 10 heteroatoms. The summed E-state index contributed by atoms with van der Waals surface area (Å²) in [5, 5.41) is 16.1. The van der Waals surface area contributed by atoms with E-state index < -0.39 is 29.6 Å². The van der Waals surface area contributed by atoms with Crippen molar-refractivity contribution in [1.29, 1.82) is 0 Å². The van der Waals surface area contributed by atoms with E-state index in [4.69, 9.17) is 16.3 Å². The van der Waals surface area contributed by atoms with Crippen LogP contribution in [0, 0.1) is 11.2 Å². The number of ether oxygens (including phenoxy) is 1. The van der Waals surface area contributed by atoms with Crippen molar-refractivity contribution in [3.05, 3.63) is 58.9 Å². The minimum Gasteiger partial charge on any atom is -0.488 e. The number of aliphatic hydroxyl groups excluding tert-OH is 1. The van der Waals surface area contributed by atoms with Crippen LogP contribution in [-0.4, -0.2) is 52.5 Å². The zero-order chi connectivity index (χ0) is 24.5. The molecule has 1 saturated carbocycles. The van der Waals surface area contributed by atoms with E-state index in [9.17, 15) is 19.1 Å². The number of hydrogen-bond donors (Lipinski definition) is 3. The first kappa shape index (κ1) is 24.1. The molecule has 0 bridgehead atoms. The first-order valence-corrected chi connectivity index (χ1v) is 11.5. The molecule has 4 amide bonds. The average molecular weight is 491 g/mol. The first-order chi connectivity index (χ1) is 16.2. The van der Waals surface area contributed by atoms with Gasteiger partial charge in [-0.3, -0.25) is 10.2 Å². The van der Waals surface area contributed by atoms with Crippen LogP contribution in [0.5, 0.6) is 5.75 Å². The van der Waals surface area contributed by atoms with Gasteiger partial charge in [0.1, 0.15) is 0 Å². The van der Waals surface area contributed by atoms with Crippen molar-refractivity contribution in [2.45, 2.75) is 45.6 Å². The Balaban J connectivity index is 1.57. The Kier molecular flexibility index (Phi) is 6.86. The van der Waals surface area contributed by atoms with E-state index >= 15 is 0 Å². The number of anilines is 1. The number of hydrogen-bond acceptors (Lipinski definition) is 5. The van der Waals surface area contributed by atoms with Crippen LogP contribution >= 0.6 is 11.6 Å². The van der Waals surface area contributed by atoms with Crippen molar-refractivity contribution in [1.82, 2.24) is 15.1 Å². The zero-order valence-corrected chi connectivity index (χ0v) is 19.8. The van der Waals surface area contributed by atoms with Gasteiger partial charge < -0.3 is 15.2 Å². The molecule has 1 heterocycles. The van der Waals surface area contributed by atoms with Crippen LogP contribution in [0.2, 0.25) is 5.02 Å². The number of benzene rings is 2. The Bertz CT molecular complexity index is 1060. The molecule has 2 fully saturated rings. The highest BCUT2D eigenvalue weighted by molar-refractivity contribution is 6.30. The molecular weight excluding hydrogens is 463 g/mol. The van der Waals surface area contributed by atoms with Crippen LogP contribution in [0.1, 0.15) is 32.3 Å². The molecule has 3 N–H and O–H groups in total. The molecule has 2 aromatic rings. The van der Waals surface area contributed by atoms with E-state index in [1.54, 1.807) is 44.2 Å². The summed E-state index contributed by atoms with van der Waals surface area (Å²) in [5.41, 5.74) is 0.736. The second kappa shape index (κ2) is 9.68. The van der Waals surface area contributed by atoms with Crippen molar-refractivity contribution in [2.24, 2.45) is 5.41 Å². The molecule has 182 valence electrons. The lowest BCUT2D eigenvalue weighted by Gasteiger charge is -2.42. The first-order valence-electron chi connectivity index (χ1n) is 11.2. The van der Waals surface area contributed by atoms with Crippen LogP contribution in [-0.2, 0) is 6.54 Å². The minimum atomic E-state index is -0.924. The molecule has 2 aliphatic rings. The number of urea groups is 2. The SMILES string of the molecule is CC(C)Oc1ccc(NC2NC(=O)N(CC3(CO)CC3)C(=O)N2Cc2ccc(Cl)cc2)cc1F. The lowest BCUT2D eigenvalue weighted by Crippen LogP contribution is -2.67. The normalized spacial score (nSPS) is 19.3. The number of nitrogens with one attached hydrogen (secondary N) is 2. The maximum atomic E-state index is 14.5. The van der Waals surface area contributed by atoms with Gasteiger partial charge in [0.2, 0.25) is 0 Å². The summed E-state index contributed by atoms with van der Waals surface area (Å²) in [5.74, 6) is -0.441. The maximum absolute atomic E-state index is 14.5. The van der Waals surface area contributed by atoms with Gasteiger partial charge in [-0.05, 0) is 56.5 Å². The molecule has 1 atom stereocenters. The maximum Gasteiger partial charge on any atom is 0.331 e. The summed E-state index contributed by atoms with van der Waals surface area (Å²) in [6.45, 7) is 3.82. The summed E-state index contributed by atoms with van der Waals surface area (Å²) < 4.78 is 20.0. The number of amides is 4. The Morgan fingerprint density at radius 1 is 1.24 bits per heavy atom. The third kappa shape index (κ3) is 5.37. The summed E-state index contributed by atoms with van der Waals surface area (Å²) in [7, 11) is 0. The van der Waals surface area contributed by atoms with Gasteiger partial charge >= 0.3 is 12.1 Å². The number of aliphatic hydroxyl groups is 1. The fourth-order valence-electron chi connectivity index (χ4n) is 3.80. The van der Waals surface area contributed by atoms with Crippen LogP contribution < -0.4 is 15.4 Å². The molecule has 1 aliphatic heterocycles. The molecule has 0 spiro atoms. The standard InChI is InChI=1S/C24H28ClFN4O4/c1-15(2)34-20-8-7-18(11-19(20)26)27-21-28-22(32)30(13-24(14-31)9-10-24)23(33)29(21)12-16-3-5-17(25)6-4-16/h3-8,11,15,21,27,31H,9-10,12-14H2,1-2H3,(H,28,32). The lowest BCUT2D eigenvalue weighted by molar-refractivity contribution is 0.0912. The Labute approximate surface area is 202 Å². The molecule has 1 aliphatic carbocycles. The molecule has 8 nitrogen and oxygen atoms in total. The minimum absolute atomic E-state index is 0.0903. The fourth-order valence-corrected chi connectivity index (χ4v) is 3.93. The Morgan fingerprint density at radius 2 is 1.94 bits per heavy atom. The van der Waals surface area contributed by atoms with E-state index in [1.165, 1.54) is 17.0 Å². The van der Waals surface area contributed by atoms with Gasteiger partial charge in [0.25, 0.3) is 0 Å². The Hall–Kier alpha value is -3.04. The Morgan fingerprint density at radius 3 is 2.53 bits per heavy atom. The van der Waals surface area contributed by atoms with Gasteiger partial charge in [-0.2, -0.15) is 0 Å². The highest BCUT2D eigenvalue weighted by Crippen LogP contribution is 2.46. The molecule has 0 aromatic heterocycles. The van der Waals surface area contributed by atoms with E-state index in [1.807, 2.05) is 0 Å². The van der Waals surface area contributed by atoms with Gasteiger partial charge in [0, 0.05) is 28.7 Å². The molecule has 0 radical (unpaired) electrons. The summed E-state index contributed by atoms with van der Waals surface area (Å²) in [4.78, 5) is 28.8. The van der Waals surface area contributed by atoms with Gasteiger partial charge in [-0.25, -0.2) is 18.9 Å². The second-order valence-corrected chi connectivity index (χ2v) is 9.53. The monoisotopic (exact) mass is 490 g/mol. The number of imide groups is 1. The number of nitrogens with zero attached hydrogens (tertiary/aromatic N) is 2. The fraction of sp³-hybridized carbons (Fsp3) is 0.417. The van der Waals surface area contributed by atoms with Gasteiger partial charge in [-0.1, -0.05) is 23.7 Å². The highest BCUT2D eigenvalue weighted by Gasteiger charge is 2.48. The number of rotatable bonds is 9. The van der Waals surface area contributed by atoms with Crippen molar-refractivity contribution in [3.8, 4) is 5.75 Å². The molecule has 2 aromatic carbocycles. The molecule has 34 heavy (non-hydrogen) atoms. The third-order valence-corrected chi connectivity index (χ3v) is 6.20. The number of halogens is 2. The molecular formula is C24H28ClFN4O4. The molecule has 4 rings (SSSR count). The van der Waals surface area contributed by atoms with E-state index in [2.05, 4.69) is 10.6 Å². The average Bonchev–Trinajstić information content (AvgIpc) is 3.57.